The van der Waals surface area contributed by atoms with Gasteiger partial charge in [-0.3, -0.25) is 9.59 Å². The normalized spacial score (nSPS) is 10.6. The zero-order valence-corrected chi connectivity index (χ0v) is 10.8. The molecule has 1 heterocycles. The maximum atomic E-state index is 11.9. The van der Waals surface area contributed by atoms with Gasteiger partial charge in [0.15, 0.2) is 0 Å². The van der Waals surface area contributed by atoms with Gasteiger partial charge >= 0.3 is 0 Å². The molecule has 2 aromatic rings. The van der Waals surface area contributed by atoms with E-state index in [0.717, 1.165) is 18.4 Å². The van der Waals surface area contributed by atoms with Crippen molar-refractivity contribution in [3.05, 3.63) is 46.4 Å². The topological polar surface area (TPSA) is 74.0 Å². The van der Waals surface area contributed by atoms with Gasteiger partial charge in [0.05, 0.1) is 0 Å². The van der Waals surface area contributed by atoms with Crippen LogP contribution in [-0.2, 0) is 0 Å². The van der Waals surface area contributed by atoms with Crippen molar-refractivity contribution < 1.29 is 4.79 Å². The van der Waals surface area contributed by atoms with E-state index in [2.05, 4.69) is 15.6 Å². The van der Waals surface area contributed by atoms with Gasteiger partial charge in [-0.25, -0.2) is 0 Å². The van der Waals surface area contributed by atoms with Crippen molar-refractivity contribution in [3.8, 4) is 0 Å². The van der Waals surface area contributed by atoms with E-state index >= 15 is 0 Å². The predicted octanol–water partition coefficient (Wildman–Crippen LogP) is 0.867. The first-order chi connectivity index (χ1) is 9.22. The fourth-order valence-corrected chi connectivity index (χ4v) is 1.90. The lowest BCUT2D eigenvalue weighted by Gasteiger charge is -2.06. The number of carbonyl (C=O) groups excluding carboxylic acids is 1. The summed E-state index contributed by atoms with van der Waals surface area (Å²) in [6, 6.07) is 8.90. The zero-order valence-electron chi connectivity index (χ0n) is 10.8. The van der Waals surface area contributed by atoms with E-state index in [1.165, 1.54) is 0 Å². The number of nitrogens with one attached hydrogen (secondary N) is 3. The summed E-state index contributed by atoms with van der Waals surface area (Å²) in [5, 5.41) is 7.14. The number of aromatic nitrogens is 1. The lowest BCUT2D eigenvalue weighted by atomic mass is 10.1. The van der Waals surface area contributed by atoms with Crippen LogP contribution in [0.4, 0.5) is 0 Å². The van der Waals surface area contributed by atoms with Crippen molar-refractivity contribution in [1.29, 1.82) is 0 Å². The Labute approximate surface area is 111 Å². The van der Waals surface area contributed by atoms with Gasteiger partial charge in [0, 0.05) is 11.9 Å². The molecule has 0 aliphatic carbocycles. The predicted molar refractivity (Wildman–Crippen MR) is 75.4 cm³/mol. The second-order valence-electron chi connectivity index (χ2n) is 4.31. The minimum absolute atomic E-state index is 0.238. The number of amides is 1. The second kappa shape index (κ2) is 6.15. The summed E-state index contributed by atoms with van der Waals surface area (Å²) in [5.41, 5.74) is 0.0617. The highest BCUT2D eigenvalue weighted by Crippen LogP contribution is 2.09. The summed E-state index contributed by atoms with van der Waals surface area (Å²) in [7, 11) is 1.86. The van der Waals surface area contributed by atoms with Crippen LogP contribution in [0.15, 0.2) is 35.1 Å². The molecule has 0 saturated carbocycles. The molecule has 19 heavy (non-hydrogen) atoms. The molecule has 0 radical (unpaired) electrons. The highest BCUT2D eigenvalue weighted by molar-refractivity contribution is 5.96. The number of hydrogen-bond acceptors (Lipinski definition) is 3. The molecule has 0 fully saturated rings. The standard InChI is InChI=1S/C14H17N3O2/c1-15-7-4-8-16-14(19)12-9-10-5-2-3-6-11(10)13(18)17-12/h2-3,5-6,9,15H,4,7-8H2,1H3,(H,16,19)(H,17,18). The largest absolute Gasteiger partial charge is 0.351 e. The van der Waals surface area contributed by atoms with E-state index in [9.17, 15) is 9.59 Å². The first-order valence-corrected chi connectivity index (χ1v) is 6.27. The van der Waals surface area contributed by atoms with Crippen LogP contribution < -0.4 is 16.2 Å². The van der Waals surface area contributed by atoms with Crippen LogP contribution in [0.2, 0.25) is 0 Å². The molecule has 0 aliphatic heterocycles. The average Bonchev–Trinajstić information content (AvgIpc) is 2.43. The number of hydrogen-bond donors (Lipinski definition) is 3. The quantitative estimate of drug-likeness (QED) is 0.697. The smallest absolute Gasteiger partial charge is 0.267 e. The third kappa shape index (κ3) is 3.20. The molecule has 0 aliphatic rings. The van der Waals surface area contributed by atoms with Crippen molar-refractivity contribution in [2.75, 3.05) is 20.1 Å². The fraction of sp³-hybridized carbons (Fsp3) is 0.286. The number of H-pyrrole nitrogens is 1. The van der Waals surface area contributed by atoms with E-state index in [1.807, 2.05) is 19.2 Å². The van der Waals surface area contributed by atoms with E-state index in [4.69, 9.17) is 0 Å². The fourth-order valence-electron chi connectivity index (χ4n) is 1.90. The Morgan fingerprint density at radius 1 is 1.26 bits per heavy atom. The van der Waals surface area contributed by atoms with E-state index in [1.54, 1.807) is 18.2 Å². The van der Waals surface area contributed by atoms with Gasteiger partial charge in [0.2, 0.25) is 0 Å². The van der Waals surface area contributed by atoms with Gasteiger partial charge in [-0.2, -0.15) is 0 Å². The lowest BCUT2D eigenvalue weighted by molar-refractivity contribution is 0.0948. The van der Waals surface area contributed by atoms with E-state index < -0.39 is 0 Å². The summed E-state index contributed by atoms with van der Waals surface area (Å²) in [5.74, 6) is -0.251. The van der Waals surface area contributed by atoms with E-state index in [0.29, 0.717) is 17.6 Å². The number of pyridine rings is 1. The summed E-state index contributed by atoms with van der Waals surface area (Å²) in [4.78, 5) is 26.3. The van der Waals surface area contributed by atoms with Gasteiger partial charge in [-0.15, -0.1) is 0 Å². The maximum Gasteiger partial charge on any atom is 0.267 e. The van der Waals surface area contributed by atoms with Crippen LogP contribution in [0.1, 0.15) is 16.9 Å². The first-order valence-electron chi connectivity index (χ1n) is 6.27. The third-order valence-corrected chi connectivity index (χ3v) is 2.89. The molecule has 0 atom stereocenters. The minimum Gasteiger partial charge on any atom is -0.351 e. The molecule has 1 aromatic carbocycles. The second-order valence-corrected chi connectivity index (χ2v) is 4.31. The molecule has 100 valence electrons. The first kappa shape index (κ1) is 13.3. The molecule has 5 nitrogen and oxygen atoms in total. The number of fused-ring (bicyclic) bond motifs is 1. The number of rotatable bonds is 5. The summed E-state index contributed by atoms with van der Waals surface area (Å²) in [6.45, 7) is 1.42. The molecular formula is C14H17N3O2. The molecule has 0 bridgehead atoms. The van der Waals surface area contributed by atoms with Crippen LogP contribution >= 0.6 is 0 Å². The Hall–Kier alpha value is -2.14. The van der Waals surface area contributed by atoms with Gasteiger partial charge < -0.3 is 15.6 Å². The van der Waals surface area contributed by atoms with Crippen molar-refractivity contribution in [1.82, 2.24) is 15.6 Å². The highest BCUT2D eigenvalue weighted by atomic mass is 16.2. The van der Waals surface area contributed by atoms with Gasteiger partial charge in [0.1, 0.15) is 5.69 Å². The van der Waals surface area contributed by atoms with Gasteiger partial charge in [-0.1, -0.05) is 18.2 Å². The molecule has 2 rings (SSSR count). The summed E-state index contributed by atoms with van der Waals surface area (Å²) in [6.07, 6.45) is 0.847. The van der Waals surface area contributed by atoms with Crippen LogP contribution in [-0.4, -0.2) is 31.0 Å². The van der Waals surface area contributed by atoms with Crippen molar-refractivity contribution in [2.45, 2.75) is 6.42 Å². The van der Waals surface area contributed by atoms with Crippen molar-refractivity contribution in [2.24, 2.45) is 0 Å². The maximum absolute atomic E-state index is 11.9. The van der Waals surface area contributed by atoms with Crippen molar-refractivity contribution >= 4 is 16.7 Å². The van der Waals surface area contributed by atoms with Crippen molar-refractivity contribution in [3.63, 3.8) is 0 Å². The average molecular weight is 259 g/mol. The van der Waals surface area contributed by atoms with Crippen LogP contribution in [0, 0.1) is 0 Å². The Balaban J connectivity index is 2.16. The Bertz CT molecular complexity index is 634. The molecule has 1 amide bonds. The number of benzene rings is 1. The Morgan fingerprint density at radius 2 is 2.05 bits per heavy atom. The highest BCUT2D eigenvalue weighted by Gasteiger charge is 2.08. The zero-order chi connectivity index (χ0) is 13.7. The van der Waals surface area contributed by atoms with Gasteiger partial charge in [0.25, 0.3) is 11.5 Å². The lowest BCUT2D eigenvalue weighted by Crippen LogP contribution is -2.28. The Kier molecular flexibility index (Phi) is 4.30. The number of aromatic amines is 1. The van der Waals surface area contributed by atoms with Crippen LogP contribution in [0.25, 0.3) is 10.8 Å². The third-order valence-electron chi connectivity index (χ3n) is 2.89. The van der Waals surface area contributed by atoms with Gasteiger partial charge in [-0.05, 0) is 37.5 Å². The monoisotopic (exact) mass is 259 g/mol. The molecule has 0 unspecified atom stereocenters. The number of carbonyl (C=O) groups is 1. The molecule has 3 N–H and O–H groups in total. The molecule has 5 heteroatoms. The van der Waals surface area contributed by atoms with Crippen LogP contribution in [0.3, 0.4) is 0 Å². The SMILES string of the molecule is CNCCCNC(=O)c1cc2ccccc2c(=O)[nH]1. The minimum atomic E-state index is -0.251. The summed E-state index contributed by atoms with van der Waals surface area (Å²) < 4.78 is 0. The van der Waals surface area contributed by atoms with Crippen LogP contribution in [0.5, 0.6) is 0 Å². The Morgan fingerprint density at radius 3 is 2.84 bits per heavy atom. The molecule has 0 saturated heterocycles. The molecule has 1 aromatic heterocycles. The summed E-state index contributed by atoms with van der Waals surface area (Å²) >= 11 is 0. The van der Waals surface area contributed by atoms with E-state index in [-0.39, 0.29) is 11.5 Å². The molecule has 0 spiro atoms. The molecular weight excluding hydrogens is 242 g/mol.